The average molecular weight is 379 g/mol. The van der Waals surface area contributed by atoms with Gasteiger partial charge in [0, 0.05) is 23.0 Å². The Labute approximate surface area is 145 Å². The lowest BCUT2D eigenvalue weighted by atomic mass is 10.1. The molecule has 1 atom stereocenters. The van der Waals surface area contributed by atoms with Crippen LogP contribution in [0.1, 0.15) is 30.9 Å². The predicted molar refractivity (Wildman–Crippen MR) is 96.6 cm³/mol. The summed E-state index contributed by atoms with van der Waals surface area (Å²) in [5.74, 6) is 1.63. The molecule has 124 valence electrons. The van der Waals surface area contributed by atoms with Crippen molar-refractivity contribution < 1.29 is 4.74 Å². The second kappa shape index (κ2) is 8.29. The molecule has 5 heteroatoms. The van der Waals surface area contributed by atoms with Crippen molar-refractivity contribution in [2.45, 2.75) is 45.0 Å². The molecule has 0 aliphatic carbocycles. The number of ether oxygens (including phenoxy) is 1. The van der Waals surface area contributed by atoms with Gasteiger partial charge in [-0.1, -0.05) is 41.9 Å². The predicted octanol–water partition coefficient (Wildman–Crippen LogP) is 3.52. The zero-order valence-corrected chi connectivity index (χ0v) is 15.5. The molecule has 0 spiro atoms. The van der Waals surface area contributed by atoms with Gasteiger partial charge in [0.25, 0.3) is 5.56 Å². The van der Waals surface area contributed by atoms with Crippen molar-refractivity contribution in [1.82, 2.24) is 9.55 Å². The second-order valence-corrected chi connectivity index (χ2v) is 7.20. The van der Waals surface area contributed by atoms with Crippen LogP contribution >= 0.6 is 15.9 Å². The van der Waals surface area contributed by atoms with Crippen molar-refractivity contribution in [1.29, 1.82) is 0 Å². The Morgan fingerprint density at radius 2 is 2.00 bits per heavy atom. The van der Waals surface area contributed by atoms with Crippen molar-refractivity contribution in [3.05, 3.63) is 57.8 Å². The lowest BCUT2D eigenvalue weighted by Gasteiger charge is -2.12. The van der Waals surface area contributed by atoms with Gasteiger partial charge in [0.15, 0.2) is 0 Å². The summed E-state index contributed by atoms with van der Waals surface area (Å²) in [4.78, 5) is 17.0. The van der Waals surface area contributed by atoms with Gasteiger partial charge in [-0.25, -0.2) is 4.98 Å². The highest BCUT2D eigenvalue weighted by molar-refractivity contribution is 9.09. The van der Waals surface area contributed by atoms with Crippen molar-refractivity contribution >= 4 is 15.9 Å². The Morgan fingerprint density at radius 1 is 1.30 bits per heavy atom. The Morgan fingerprint density at radius 3 is 2.61 bits per heavy atom. The lowest BCUT2D eigenvalue weighted by molar-refractivity contribution is 0.293. The third kappa shape index (κ3) is 5.20. The number of nitrogens with zero attached hydrogens (tertiary/aromatic N) is 2. The molecule has 1 unspecified atom stereocenters. The molecule has 0 saturated carbocycles. The number of rotatable bonds is 7. The Bertz CT molecular complexity index is 693. The van der Waals surface area contributed by atoms with Crippen molar-refractivity contribution in [3.63, 3.8) is 0 Å². The number of aryl methyl sites for hydroxylation is 2. The minimum atomic E-state index is -0.0143. The highest BCUT2D eigenvalue weighted by Gasteiger charge is 2.06. The van der Waals surface area contributed by atoms with Crippen molar-refractivity contribution in [2.24, 2.45) is 0 Å². The molecule has 2 aromatic rings. The molecule has 1 aromatic heterocycles. The van der Waals surface area contributed by atoms with Gasteiger partial charge in [0.2, 0.25) is 0 Å². The van der Waals surface area contributed by atoms with Crippen LogP contribution in [-0.2, 0) is 19.4 Å². The van der Waals surface area contributed by atoms with Crippen LogP contribution in [0, 0.1) is 6.92 Å². The van der Waals surface area contributed by atoms with E-state index in [4.69, 9.17) is 4.74 Å². The van der Waals surface area contributed by atoms with Gasteiger partial charge in [-0.2, -0.15) is 0 Å². The van der Waals surface area contributed by atoms with E-state index in [-0.39, 0.29) is 5.56 Å². The SMILES string of the molecule is CCc1nc(C)cc(=O)n1CCOc1ccc(CC(C)Br)cc1. The van der Waals surface area contributed by atoms with E-state index >= 15 is 0 Å². The number of hydrogen-bond acceptors (Lipinski definition) is 3. The van der Waals surface area contributed by atoms with Gasteiger partial charge in [-0.05, 0) is 31.0 Å². The normalized spacial score (nSPS) is 12.2. The minimum absolute atomic E-state index is 0.0143. The summed E-state index contributed by atoms with van der Waals surface area (Å²) < 4.78 is 7.44. The number of hydrogen-bond donors (Lipinski definition) is 0. The van der Waals surface area contributed by atoms with E-state index in [1.54, 1.807) is 10.6 Å². The molecule has 1 aromatic carbocycles. The molecule has 0 radical (unpaired) electrons. The maximum atomic E-state index is 12.1. The van der Waals surface area contributed by atoms with Crippen LogP contribution in [0.2, 0.25) is 0 Å². The largest absolute Gasteiger partial charge is 0.492 e. The number of benzene rings is 1. The zero-order valence-electron chi connectivity index (χ0n) is 13.9. The summed E-state index contributed by atoms with van der Waals surface area (Å²) in [5, 5.41) is 0. The molecule has 0 aliphatic rings. The van der Waals surface area contributed by atoms with Crippen LogP contribution in [0.5, 0.6) is 5.75 Å². The van der Waals surface area contributed by atoms with Gasteiger partial charge < -0.3 is 4.74 Å². The second-order valence-electron chi connectivity index (χ2n) is 5.63. The molecule has 0 aliphatic heterocycles. The molecule has 4 nitrogen and oxygen atoms in total. The third-order valence-electron chi connectivity index (χ3n) is 3.56. The molecule has 23 heavy (non-hydrogen) atoms. The van der Waals surface area contributed by atoms with E-state index in [9.17, 15) is 4.79 Å². The Balaban J connectivity index is 1.96. The first kappa shape index (κ1) is 17.7. The van der Waals surface area contributed by atoms with Crippen LogP contribution in [0.3, 0.4) is 0 Å². The van der Waals surface area contributed by atoms with E-state index in [0.29, 0.717) is 18.0 Å². The quantitative estimate of drug-likeness (QED) is 0.692. The maximum Gasteiger partial charge on any atom is 0.253 e. The van der Waals surface area contributed by atoms with Crippen molar-refractivity contribution in [2.75, 3.05) is 6.61 Å². The summed E-state index contributed by atoms with van der Waals surface area (Å²) in [5.41, 5.74) is 2.02. The first-order valence-corrected chi connectivity index (χ1v) is 8.84. The summed E-state index contributed by atoms with van der Waals surface area (Å²) >= 11 is 3.55. The summed E-state index contributed by atoms with van der Waals surface area (Å²) in [6, 6.07) is 9.66. The molecule has 0 amide bonds. The molecule has 0 saturated heterocycles. The van der Waals surface area contributed by atoms with Gasteiger partial charge in [-0.15, -0.1) is 0 Å². The van der Waals surface area contributed by atoms with E-state index in [1.165, 1.54) is 5.56 Å². The minimum Gasteiger partial charge on any atom is -0.492 e. The molecular weight excluding hydrogens is 356 g/mol. The van der Waals surface area contributed by atoms with Crippen LogP contribution in [0.15, 0.2) is 35.1 Å². The van der Waals surface area contributed by atoms with Crippen LogP contribution in [0.25, 0.3) is 0 Å². The fourth-order valence-electron chi connectivity index (χ4n) is 2.49. The Kier molecular flexibility index (Phi) is 6.39. The fraction of sp³-hybridized carbons (Fsp3) is 0.444. The van der Waals surface area contributed by atoms with Gasteiger partial charge in [-0.3, -0.25) is 9.36 Å². The number of aromatic nitrogens is 2. The molecule has 0 fully saturated rings. The molecule has 1 heterocycles. The Hall–Kier alpha value is -1.62. The van der Waals surface area contributed by atoms with Gasteiger partial charge >= 0.3 is 0 Å². The first-order chi connectivity index (χ1) is 11.0. The fourth-order valence-corrected chi connectivity index (χ4v) is 2.86. The first-order valence-electron chi connectivity index (χ1n) is 7.92. The van der Waals surface area contributed by atoms with Gasteiger partial charge in [0.05, 0.1) is 6.54 Å². The van der Waals surface area contributed by atoms with Gasteiger partial charge in [0.1, 0.15) is 18.2 Å². The third-order valence-corrected chi connectivity index (χ3v) is 3.88. The van der Waals surface area contributed by atoms with Crippen molar-refractivity contribution in [3.8, 4) is 5.75 Å². The smallest absolute Gasteiger partial charge is 0.253 e. The lowest BCUT2D eigenvalue weighted by Crippen LogP contribution is -2.27. The topological polar surface area (TPSA) is 44.1 Å². The number of halogens is 1. The molecule has 2 rings (SSSR count). The van der Waals surface area contributed by atoms with Crippen LogP contribution in [0.4, 0.5) is 0 Å². The summed E-state index contributed by atoms with van der Waals surface area (Å²) in [7, 11) is 0. The molecule has 0 N–H and O–H groups in total. The average Bonchev–Trinajstić information content (AvgIpc) is 2.50. The van der Waals surface area contributed by atoms with Crippen LogP contribution in [-0.4, -0.2) is 21.0 Å². The van der Waals surface area contributed by atoms with E-state index in [2.05, 4.69) is 40.0 Å². The van der Waals surface area contributed by atoms with Crippen LogP contribution < -0.4 is 10.3 Å². The summed E-state index contributed by atoms with van der Waals surface area (Å²) in [6.07, 6.45) is 1.72. The van der Waals surface area contributed by atoms with E-state index in [0.717, 1.165) is 30.1 Å². The molecule has 0 bridgehead atoms. The summed E-state index contributed by atoms with van der Waals surface area (Å²) in [6.45, 7) is 6.93. The standard InChI is InChI=1S/C18H23BrN2O2/c1-4-17-20-14(3)12-18(22)21(17)9-10-23-16-7-5-15(6-8-16)11-13(2)19/h5-8,12-13H,4,9-11H2,1-3H3. The highest BCUT2D eigenvalue weighted by Crippen LogP contribution is 2.15. The van der Waals surface area contributed by atoms with E-state index in [1.807, 2.05) is 26.0 Å². The molecular formula is C18H23BrN2O2. The highest BCUT2D eigenvalue weighted by atomic mass is 79.9. The number of alkyl halides is 1. The maximum absolute atomic E-state index is 12.1. The van der Waals surface area contributed by atoms with E-state index < -0.39 is 0 Å². The monoisotopic (exact) mass is 378 g/mol. The zero-order chi connectivity index (χ0) is 16.8.